The van der Waals surface area contributed by atoms with Gasteiger partial charge in [0.15, 0.2) is 0 Å². The number of rotatable bonds is 19. The second-order valence-corrected chi connectivity index (χ2v) is 22.6. The Morgan fingerprint density at radius 2 is 1.79 bits per heavy atom. The molecule has 3 aliphatic rings. The van der Waals surface area contributed by atoms with Gasteiger partial charge in [0.2, 0.25) is 21.8 Å². The van der Waals surface area contributed by atoms with E-state index in [2.05, 4.69) is 41.1 Å². The summed E-state index contributed by atoms with van der Waals surface area (Å²) in [5.41, 5.74) is 1.48. The summed E-state index contributed by atoms with van der Waals surface area (Å²) in [5, 5.41) is 6.22. The van der Waals surface area contributed by atoms with Crippen LogP contribution in [0.3, 0.4) is 0 Å². The van der Waals surface area contributed by atoms with Gasteiger partial charge in [0.1, 0.15) is 28.7 Å². The number of ether oxygens (including phenoxy) is 1. The lowest BCUT2D eigenvalue weighted by Gasteiger charge is -2.28. The van der Waals surface area contributed by atoms with E-state index in [1.165, 1.54) is 9.78 Å². The minimum Gasteiger partial charge on any atom is -0.444 e. The first kappa shape index (κ1) is 47.2. The van der Waals surface area contributed by atoms with Crippen molar-refractivity contribution in [3.8, 4) is 10.6 Å². The Morgan fingerprint density at radius 1 is 1.06 bits per heavy atom. The molecule has 62 heavy (non-hydrogen) atoms. The normalized spacial score (nSPS) is 21.3. The van der Waals surface area contributed by atoms with Gasteiger partial charge in [0.25, 0.3) is 5.91 Å². The summed E-state index contributed by atoms with van der Waals surface area (Å²) in [4.78, 5) is 76.3. The van der Waals surface area contributed by atoms with E-state index in [0.717, 1.165) is 59.4 Å². The maximum Gasteiger partial charge on any atom is 0.408 e. The molecule has 3 aromatic rings. The summed E-state index contributed by atoms with van der Waals surface area (Å²) >= 11 is 1.69. The topological polar surface area (TPSA) is 202 Å². The summed E-state index contributed by atoms with van der Waals surface area (Å²) in [5.74, 6) is -1.53. The number of imidazole rings is 1. The highest BCUT2D eigenvalue weighted by Crippen LogP contribution is 2.51. The zero-order valence-corrected chi connectivity index (χ0v) is 39.6. The molecule has 2 saturated carbocycles. The number of nitrogens with zero attached hydrogens (tertiary/aromatic N) is 3. The van der Waals surface area contributed by atoms with Gasteiger partial charge in [0, 0.05) is 23.0 Å². The van der Waals surface area contributed by atoms with Crippen LogP contribution in [0, 0.1) is 11.8 Å². The van der Waals surface area contributed by atoms with Gasteiger partial charge in [-0.1, -0.05) is 59.4 Å². The smallest absolute Gasteiger partial charge is 0.408 e. The number of unbranched alkanes of at least 4 members (excludes halogenated alkanes) is 2. The molecule has 4 amide bonds. The fourth-order valence-corrected chi connectivity index (χ4v) is 12.3. The van der Waals surface area contributed by atoms with Crippen LogP contribution < -0.4 is 21.0 Å². The predicted octanol–water partition coefficient (Wildman–Crippen LogP) is 7.07. The minimum absolute atomic E-state index is 0.0296. The molecule has 17 heteroatoms. The number of aromatic amines is 1. The molecule has 1 aromatic carbocycles. The van der Waals surface area contributed by atoms with Gasteiger partial charge in [-0.3, -0.25) is 23.7 Å². The molecule has 0 radical (unpaired) electrons. The number of H-pyrrole nitrogens is 1. The van der Waals surface area contributed by atoms with Crippen LogP contribution >= 0.6 is 11.3 Å². The summed E-state index contributed by atoms with van der Waals surface area (Å²) < 4.78 is 36.2. The summed E-state index contributed by atoms with van der Waals surface area (Å²) in [7, 11) is -4.04. The van der Waals surface area contributed by atoms with Gasteiger partial charge in [-0.25, -0.2) is 23.0 Å². The molecule has 2 aromatic heterocycles. The van der Waals surface area contributed by atoms with Crippen LogP contribution in [0.2, 0.25) is 0 Å². The molecule has 1 aliphatic heterocycles. The molecule has 4 atom stereocenters. The molecule has 4 N–H and O–H groups in total. The highest BCUT2D eigenvalue weighted by Gasteiger charge is 2.63. The number of fused-ring (bicyclic) bond motifs is 1. The molecule has 6 rings (SSSR count). The fourth-order valence-electron chi connectivity index (χ4n) is 9.20. The number of para-hydroxylation sites is 1. The molecule has 0 spiro atoms. The molecular formula is C45H67N7O8S2. The molecule has 2 aliphatic carbocycles. The number of amides is 4. The number of sulfonamides is 1. The van der Waals surface area contributed by atoms with Crippen molar-refractivity contribution in [3.63, 3.8) is 0 Å². The van der Waals surface area contributed by atoms with E-state index in [0.29, 0.717) is 51.5 Å². The third-order valence-electron chi connectivity index (χ3n) is 12.7. The molecule has 3 heterocycles. The molecule has 0 bridgehead atoms. The number of aryl methyl sites for hydroxylation is 1. The van der Waals surface area contributed by atoms with Crippen molar-refractivity contribution in [1.82, 2.24) is 34.8 Å². The standard InChI is InChI=1S/C45H67N7O8S2/c1-10-30-25-45(30,49-38(54)33-19-15-23-51(33)35(53)26-46-42(57)60-43(7,8)9)40(55)50-62(58,59)44(21-22-44)24-29(6)16-12-11-13-20-34-36(27(2)3)47-39(61-34)31-17-14-18-32-37(31)48-41(56)52(32)28(4)5/h14,17-18,27-30,33H,10-13,15-16,19-26H2,1-9H3,(H,46,57)(H,48,56)(H,49,54)(H,50,55). The summed E-state index contributed by atoms with van der Waals surface area (Å²) in [6.07, 6.45) is 7.15. The second-order valence-electron chi connectivity index (χ2n) is 19.5. The number of hydrogen-bond donors (Lipinski definition) is 4. The first-order valence-electron chi connectivity index (χ1n) is 22.5. The maximum absolute atomic E-state index is 13.9. The predicted molar refractivity (Wildman–Crippen MR) is 241 cm³/mol. The molecule has 3 fully saturated rings. The van der Waals surface area contributed by atoms with Gasteiger partial charge in [-0.2, -0.15) is 0 Å². The van der Waals surface area contributed by atoms with Crippen molar-refractivity contribution in [2.24, 2.45) is 11.8 Å². The highest BCUT2D eigenvalue weighted by molar-refractivity contribution is 7.91. The van der Waals surface area contributed by atoms with Crippen LogP contribution in [0.5, 0.6) is 0 Å². The molecular weight excluding hydrogens is 831 g/mol. The molecule has 15 nitrogen and oxygen atoms in total. The van der Waals surface area contributed by atoms with Crippen molar-refractivity contribution < 1.29 is 32.3 Å². The zero-order chi connectivity index (χ0) is 45.4. The zero-order valence-electron chi connectivity index (χ0n) is 37.9. The molecule has 4 unspecified atom stereocenters. The average molecular weight is 898 g/mol. The Hall–Kier alpha value is -4.25. The molecule has 342 valence electrons. The monoisotopic (exact) mass is 897 g/mol. The van der Waals surface area contributed by atoms with Crippen LogP contribution in [0.4, 0.5) is 4.79 Å². The number of hydrogen-bond acceptors (Lipinski definition) is 10. The van der Waals surface area contributed by atoms with E-state index in [1.807, 2.05) is 39.0 Å². The Kier molecular flexibility index (Phi) is 14.1. The van der Waals surface area contributed by atoms with Crippen molar-refractivity contribution in [1.29, 1.82) is 0 Å². The van der Waals surface area contributed by atoms with Crippen LogP contribution in [0.25, 0.3) is 21.6 Å². The SMILES string of the molecule is CCC1CC1(NC(=O)C1CCCN1C(=O)CNC(=O)OC(C)(C)C)C(=O)NS(=O)(=O)C1(CC(C)CCCCCc2sc(-c3cccc4c3[nH]c(=O)n4C(C)C)nc2C(C)C)CC1. The number of benzene rings is 1. The lowest BCUT2D eigenvalue weighted by atomic mass is 9.96. The van der Waals surface area contributed by atoms with Gasteiger partial charge >= 0.3 is 11.8 Å². The van der Waals surface area contributed by atoms with E-state index in [-0.39, 0.29) is 36.0 Å². The van der Waals surface area contributed by atoms with Gasteiger partial charge in [-0.05, 0) is 116 Å². The van der Waals surface area contributed by atoms with Gasteiger partial charge < -0.3 is 25.3 Å². The van der Waals surface area contributed by atoms with E-state index in [1.54, 1.807) is 36.7 Å². The number of alkyl carbamates (subject to hydrolysis) is 1. The Labute approximate surface area is 370 Å². The Morgan fingerprint density at radius 3 is 2.42 bits per heavy atom. The number of likely N-dealkylation sites (tertiary alicyclic amines) is 1. The number of thiazole rings is 1. The van der Waals surface area contributed by atoms with Crippen molar-refractivity contribution in [3.05, 3.63) is 39.3 Å². The molecule has 1 saturated heterocycles. The van der Waals surface area contributed by atoms with Crippen molar-refractivity contribution >= 4 is 56.2 Å². The Bertz CT molecular complexity index is 2320. The number of carbonyl (C=O) groups is 4. The number of carbonyl (C=O) groups excluding carboxylic acids is 4. The maximum atomic E-state index is 13.9. The number of aromatic nitrogens is 3. The quantitative estimate of drug-likeness (QED) is 0.0909. The lowest BCUT2D eigenvalue weighted by Crippen LogP contribution is -2.58. The summed E-state index contributed by atoms with van der Waals surface area (Å²) in [6.45, 7) is 17.4. The highest BCUT2D eigenvalue weighted by atomic mass is 32.2. The van der Waals surface area contributed by atoms with Crippen LogP contribution in [0.15, 0.2) is 23.0 Å². The first-order valence-corrected chi connectivity index (χ1v) is 24.8. The summed E-state index contributed by atoms with van der Waals surface area (Å²) in [6, 6.07) is 5.15. The van der Waals surface area contributed by atoms with Crippen LogP contribution in [-0.2, 0) is 35.6 Å². The van der Waals surface area contributed by atoms with Gasteiger partial charge in [-0.15, -0.1) is 11.3 Å². The van der Waals surface area contributed by atoms with E-state index >= 15 is 0 Å². The third-order valence-corrected chi connectivity index (χ3v) is 16.0. The van der Waals surface area contributed by atoms with Crippen molar-refractivity contribution in [2.75, 3.05) is 13.1 Å². The van der Waals surface area contributed by atoms with E-state index in [4.69, 9.17) is 9.72 Å². The fraction of sp³-hybridized carbons (Fsp3) is 0.689. The Balaban J connectivity index is 0.998. The largest absolute Gasteiger partial charge is 0.444 e. The van der Waals surface area contributed by atoms with Crippen LogP contribution in [-0.4, -0.2) is 86.7 Å². The second kappa shape index (κ2) is 18.5. The van der Waals surface area contributed by atoms with Gasteiger partial charge in [0.05, 0.1) is 21.5 Å². The van der Waals surface area contributed by atoms with Crippen molar-refractivity contribution in [2.45, 2.75) is 173 Å². The number of nitrogens with one attached hydrogen (secondary N) is 4. The third kappa shape index (κ3) is 10.2. The van der Waals surface area contributed by atoms with E-state index < -0.39 is 55.8 Å². The minimum atomic E-state index is -4.04. The lowest BCUT2D eigenvalue weighted by molar-refractivity contribution is -0.139. The average Bonchev–Trinajstić information content (AvgIpc) is 3.91. The van der Waals surface area contributed by atoms with E-state index in [9.17, 15) is 32.4 Å². The first-order chi connectivity index (χ1) is 29.1. The van der Waals surface area contributed by atoms with Crippen LogP contribution in [0.1, 0.15) is 155 Å².